The zero-order chi connectivity index (χ0) is 12.6. The Balaban J connectivity index is 2.30. The van der Waals surface area contributed by atoms with E-state index in [1.165, 1.54) is 0 Å². The monoisotopic (exact) mass is 253 g/mol. The van der Waals surface area contributed by atoms with Gasteiger partial charge in [0.2, 0.25) is 0 Å². The molecule has 0 aromatic heterocycles. The molecule has 17 heavy (non-hydrogen) atoms. The van der Waals surface area contributed by atoms with Crippen molar-refractivity contribution < 1.29 is 9.90 Å². The Morgan fingerprint density at radius 3 is 2.76 bits per heavy atom. The number of carboxylic acid groups (broad SMARTS) is 1. The van der Waals surface area contributed by atoms with Crippen molar-refractivity contribution in [2.75, 3.05) is 6.54 Å². The molecule has 0 aliphatic carbocycles. The second-order valence-corrected chi connectivity index (χ2v) is 5.04. The molecule has 2 rings (SSSR count). The van der Waals surface area contributed by atoms with Crippen molar-refractivity contribution in [3.8, 4) is 0 Å². The minimum Gasteiger partial charge on any atom is -0.481 e. The molecular formula is C13H16ClNO2. The Kier molecular flexibility index (Phi) is 3.40. The quantitative estimate of drug-likeness (QED) is 0.852. The van der Waals surface area contributed by atoms with E-state index in [0.29, 0.717) is 13.0 Å². The first-order valence-electron chi connectivity index (χ1n) is 5.72. The normalized spacial score (nSPS) is 23.9. The van der Waals surface area contributed by atoms with Gasteiger partial charge in [0.05, 0.1) is 5.92 Å². The minimum atomic E-state index is -0.725. The van der Waals surface area contributed by atoms with Gasteiger partial charge in [-0.25, -0.2) is 0 Å². The Bertz CT molecular complexity index is 459. The summed E-state index contributed by atoms with van der Waals surface area (Å²) in [6.07, 6.45) is 0.636. The summed E-state index contributed by atoms with van der Waals surface area (Å²) in [6, 6.07) is 3.98. The molecule has 0 saturated carbocycles. The first kappa shape index (κ1) is 12.4. The molecule has 1 heterocycles. The van der Waals surface area contributed by atoms with E-state index in [-0.39, 0.29) is 12.0 Å². The largest absolute Gasteiger partial charge is 0.481 e. The minimum absolute atomic E-state index is 0.106. The lowest BCUT2D eigenvalue weighted by molar-refractivity contribution is -0.141. The molecule has 1 aliphatic heterocycles. The molecule has 0 radical (unpaired) electrons. The second kappa shape index (κ2) is 4.67. The van der Waals surface area contributed by atoms with E-state index in [4.69, 9.17) is 16.7 Å². The molecule has 2 unspecified atom stereocenters. The molecule has 1 aromatic rings. The van der Waals surface area contributed by atoms with Crippen LogP contribution in [0.25, 0.3) is 0 Å². The molecule has 0 bridgehead atoms. The van der Waals surface area contributed by atoms with Gasteiger partial charge < -0.3 is 10.4 Å². The van der Waals surface area contributed by atoms with Gasteiger partial charge in [0, 0.05) is 17.6 Å². The number of aryl methyl sites for hydroxylation is 1. The first-order chi connectivity index (χ1) is 8.00. The van der Waals surface area contributed by atoms with Gasteiger partial charge in [-0.1, -0.05) is 17.7 Å². The predicted molar refractivity (Wildman–Crippen MR) is 67.4 cm³/mol. The fourth-order valence-electron chi connectivity index (χ4n) is 2.52. The molecule has 2 atom stereocenters. The molecule has 92 valence electrons. The van der Waals surface area contributed by atoms with Gasteiger partial charge in [0.25, 0.3) is 0 Å². The van der Waals surface area contributed by atoms with E-state index in [1.54, 1.807) is 0 Å². The summed E-state index contributed by atoms with van der Waals surface area (Å²) >= 11 is 6.12. The average molecular weight is 254 g/mol. The van der Waals surface area contributed by atoms with Crippen LogP contribution in [-0.2, 0) is 4.79 Å². The van der Waals surface area contributed by atoms with Crippen LogP contribution in [0.15, 0.2) is 12.1 Å². The smallest absolute Gasteiger partial charge is 0.307 e. The fourth-order valence-corrected chi connectivity index (χ4v) is 2.68. The number of carboxylic acids is 1. The third-order valence-corrected chi connectivity index (χ3v) is 3.90. The molecular weight excluding hydrogens is 238 g/mol. The van der Waals surface area contributed by atoms with Crippen molar-refractivity contribution in [3.63, 3.8) is 0 Å². The Labute approximate surface area is 106 Å². The summed E-state index contributed by atoms with van der Waals surface area (Å²) in [5, 5.41) is 13.0. The SMILES string of the molecule is Cc1ccc(Cl)c(C)c1C1CC(C(=O)O)CN1. The van der Waals surface area contributed by atoms with Crippen LogP contribution in [-0.4, -0.2) is 17.6 Å². The van der Waals surface area contributed by atoms with E-state index in [9.17, 15) is 4.79 Å². The summed E-state index contributed by atoms with van der Waals surface area (Å²) in [7, 11) is 0. The zero-order valence-electron chi connectivity index (χ0n) is 9.96. The number of rotatable bonds is 2. The van der Waals surface area contributed by atoms with Crippen LogP contribution < -0.4 is 5.32 Å². The zero-order valence-corrected chi connectivity index (χ0v) is 10.7. The van der Waals surface area contributed by atoms with Crippen molar-refractivity contribution in [2.45, 2.75) is 26.3 Å². The van der Waals surface area contributed by atoms with Crippen LogP contribution in [0, 0.1) is 19.8 Å². The van der Waals surface area contributed by atoms with E-state index in [2.05, 4.69) is 5.32 Å². The van der Waals surface area contributed by atoms with Gasteiger partial charge in [0.1, 0.15) is 0 Å². The fraction of sp³-hybridized carbons (Fsp3) is 0.462. The molecule has 1 aromatic carbocycles. The van der Waals surface area contributed by atoms with Gasteiger partial charge in [0.15, 0.2) is 0 Å². The third-order valence-electron chi connectivity index (χ3n) is 3.50. The molecule has 3 nitrogen and oxygen atoms in total. The molecule has 2 N–H and O–H groups in total. The predicted octanol–water partition coefficient (Wildman–Crippen LogP) is 2.69. The highest BCUT2D eigenvalue weighted by atomic mass is 35.5. The summed E-state index contributed by atoms with van der Waals surface area (Å²) in [6.45, 7) is 4.56. The number of hydrogen-bond donors (Lipinski definition) is 2. The highest BCUT2D eigenvalue weighted by Crippen LogP contribution is 2.34. The van der Waals surface area contributed by atoms with Crippen LogP contribution in [0.3, 0.4) is 0 Å². The third kappa shape index (κ3) is 2.31. The van der Waals surface area contributed by atoms with Crippen molar-refractivity contribution >= 4 is 17.6 Å². The number of hydrogen-bond acceptors (Lipinski definition) is 2. The summed E-state index contributed by atoms with van der Waals surface area (Å²) < 4.78 is 0. The summed E-state index contributed by atoms with van der Waals surface area (Å²) in [4.78, 5) is 10.9. The molecule has 4 heteroatoms. The van der Waals surface area contributed by atoms with Crippen molar-refractivity contribution in [1.82, 2.24) is 5.32 Å². The second-order valence-electron chi connectivity index (χ2n) is 4.63. The number of halogens is 1. The summed E-state index contributed by atoms with van der Waals surface area (Å²) in [5.41, 5.74) is 3.37. The lowest BCUT2D eigenvalue weighted by atomic mass is 9.93. The van der Waals surface area contributed by atoms with Crippen molar-refractivity contribution in [1.29, 1.82) is 0 Å². The Morgan fingerprint density at radius 1 is 1.47 bits per heavy atom. The van der Waals surface area contributed by atoms with Gasteiger partial charge in [-0.15, -0.1) is 0 Å². The Hall–Kier alpha value is -1.06. The van der Waals surface area contributed by atoms with Gasteiger partial charge in [-0.2, -0.15) is 0 Å². The Morgan fingerprint density at radius 2 is 2.18 bits per heavy atom. The van der Waals surface area contributed by atoms with Crippen LogP contribution in [0.4, 0.5) is 0 Å². The maximum absolute atomic E-state index is 10.9. The number of benzene rings is 1. The maximum Gasteiger partial charge on any atom is 0.307 e. The molecule has 0 spiro atoms. The molecule has 1 saturated heterocycles. The van der Waals surface area contributed by atoms with E-state index >= 15 is 0 Å². The van der Waals surface area contributed by atoms with E-state index in [0.717, 1.165) is 21.7 Å². The van der Waals surface area contributed by atoms with Crippen molar-refractivity contribution in [2.24, 2.45) is 5.92 Å². The van der Waals surface area contributed by atoms with Crippen molar-refractivity contribution in [3.05, 3.63) is 33.8 Å². The lowest BCUT2D eigenvalue weighted by Crippen LogP contribution is -2.18. The number of aliphatic carboxylic acids is 1. The molecule has 1 aliphatic rings. The standard InChI is InChI=1S/C13H16ClNO2/c1-7-3-4-10(14)8(2)12(7)11-5-9(6-15-11)13(16)17/h3-4,9,11,15H,5-6H2,1-2H3,(H,16,17). The van der Waals surface area contributed by atoms with Gasteiger partial charge in [-0.3, -0.25) is 4.79 Å². The van der Waals surface area contributed by atoms with E-state index in [1.807, 2.05) is 26.0 Å². The average Bonchev–Trinajstić information content (AvgIpc) is 2.73. The van der Waals surface area contributed by atoms with Crippen LogP contribution in [0.1, 0.15) is 29.2 Å². The van der Waals surface area contributed by atoms with Crippen LogP contribution in [0.2, 0.25) is 5.02 Å². The highest BCUT2D eigenvalue weighted by molar-refractivity contribution is 6.31. The molecule has 1 fully saturated rings. The lowest BCUT2D eigenvalue weighted by Gasteiger charge is -2.18. The summed E-state index contributed by atoms with van der Waals surface area (Å²) in [5.74, 6) is -1.02. The van der Waals surface area contributed by atoms with Crippen LogP contribution in [0.5, 0.6) is 0 Å². The highest BCUT2D eigenvalue weighted by Gasteiger charge is 2.31. The first-order valence-corrected chi connectivity index (χ1v) is 6.10. The topological polar surface area (TPSA) is 49.3 Å². The van der Waals surface area contributed by atoms with E-state index < -0.39 is 5.97 Å². The number of carbonyl (C=O) groups is 1. The van der Waals surface area contributed by atoms with Crippen LogP contribution >= 0.6 is 11.6 Å². The van der Waals surface area contributed by atoms with Gasteiger partial charge in [-0.05, 0) is 43.0 Å². The maximum atomic E-state index is 10.9. The van der Waals surface area contributed by atoms with Gasteiger partial charge >= 0.3 is 5.97 Å². The molecule has 0 amide bonds. The number of nitrogens with one attached hydrogen (secondary N) is 1.